The second kappa shape index (κ2) is 16.6. The molecule has 0 heterocycles. The van der Waals surface area contributed by atoms with Gasteiger partial charge in [-0.25, -0.2) is 24.3 Å². The van der Waals surface area contributed by atoms with Crippen LogP contribution < -0.4 is 64.0 Å². The van der Waals surface area contributed by atoms with Gasteiger partial charge in [-0.2, -0.15) is 35.9 Å². The van der Waals surface area contributed by atoms with Gasteiger partial charge in [0.2, 0.25) is 0 Å². The molecule has 0 aliphatic rings. The molecule has 1 unspecified atom stereocenters. The van der Waals surface area contributed by atoms with Crippen molar-refractivity contribution in [2.45, 2.75) is 6.42 Å². The molecule has 0 aliphatic heterocycles. The fourth-order valence-electron chi connectivity index (χ4n) is 1.13. The van der Waals surface area contributed by atoms with Crippen LogP contribution in [0.3, 0.4) is 0 Å². The van der Waals surface area contributed by atoms with E-state index >= 15 is 0 Å². The van der Waals surface area contributed by atoms with Gasteiger partial charge in [0, 0.05) is 17.1 Å². The third-order valence-electron chi connectivity index (χ3n) is 1.88. The van der Waals surface area contributed by atoms with Gasteiger partial charge in [-0.15, -0.1) is 0 Å². The van der Waals surface area contributed by atoms with Gasteiger partial charge in [-0.05, 0) is 6.16 Å². The van der Waals surface area contributed by atoms with Crippen LogP contribution in [0.25, 0.3) is 0 Å². The van der Waals surface area contributed by atoms with Crippen LogP contribution in [0.4, 0.5) is 0 Å². The van der Waals surface area contributed by atoms with Gasteiger partial charge in [0.25, 0.3) is 0 Å². The average Bonchev–Trinajstić information content (AvgIpc) is 2.91. The van der Waals surface area contributed by atoms with Gasteiger partial charge < -0.3 is 9.79 Å². The van der Waals surface area contributed by atoms with Crippen LogP contribution in [0.1, 0.15) is 5.56 Å². The summed E-state index contributed by atoms with van der Waals surface area (Å²) in [6.07, 6.45) is 1.08. The van der Waals surface area contributed by atoms with Gasteiger partial charge >= 0.3 is 59.1 Å². The third-order valence-corrected chi connectivity index (χ3v) is 2.49. The molecular weight excluding hydrogens is 309 g/mol. The first-order chi connectivity index (χ1) is 7.29. The van der Waals surface area contributed by atoms with Crippen LogP contribution in [0.5, 0.6) is 0 Å². The number of aryl methyl sites for hydroxylation is 1. The van der Waals surface area contributed by atoms with E-state index in [1.807, 2.05) is 54.6 Å². The Morgan fingerprint density at radius 1 is 1.06 bits per heavy atom. The zero-order chi connectivity index (χ0) is 10.9. The summed E-state index contributed by atoms with van der Waals surface area (Å²) in [5.41, 5.74) is 1.14. The maximum absolute atomic E-state index is 10.2. The maximum atomic E-state index is 10.2. The average molecular weight is 323 g/mol. The predicted molar refractivity (Wildman–Crippen MR) is 61.8 cm³/mol. The zero-order valence-corrected chi connectivity index (χ0v) is 16.8. The summed E-state index contributed by atoms with van der Waals surface area (Å²) in [6, 6.07) is 17.8. The van der Waals surface area contributed by atoms with Crippen LogP contribution in [-0.2, 0) is 23.5 Å². The van der Waals surface area contributed by atoms with E-state index in [0.717, 1.165) is 5.56 Å². The Balaban J connectivity index is -0.000000245. The largest absolute Gasteiger partial charge is 1.00 e. The number of rotatable bonds is 3. The summed E-state index contributed by atoms with van der Waals surface area (Å²) in [6.45, 7) is 0. The van der Waals surface area contributed by atoms with Gasteiger partial charge in [-0.1, -0.05) is 14.8 Å². The van der Waals surface area contributed by atoms with Crippen molar-refractivity contribution in [2.75, 3.05) is 6.16 Å². The maximum Gasteiger partial charge on any atom is 1.00 e. The van der Waals surface area contributed by atoms with Crippen molar-refractivity contribution >= 4 is 8.38 Å². The molecule has 0 fully saturated rings. The van der Waals surface area contributed by atoms with Gasteiger partial charge in [0.15, 0.2) is 0 Å². The van der Waals surface area contributed by atoms with E-state index in [4.69, 9.17) is 4.89 Å². The van der Waals surface area contributed by atoms with Gasteiger partial charge in [0.1, 0.15) is 0 Å². The van der Waals surface area contributed by atoms with Crippen molar-refractivity contribution in [3.8, 4) is 0 Å². The minimum absolute atomic E-state index is 0. The summed E-state index contributed by atoms with van der Waals surface area (Å²) in [7, 11) is -1.96. The van der Waals surface area contributed by atoms with E-state index in [2.05, 4.69) is 0 Å². The molecule has 0 aliphatic carbocycles. The van der Waals surface area contributed by atoms with Crippen molar-refractivity contribution in [2.24, 2.45) is 0 Å². The van der Waals surface area contributed by atoms with E-state index in [0.29, 0.717) is 12.6 Å². The fraction of sp³-hybridized carbons (Fsp3) is 0.167. The van der Waals surface area contributed by atoms with Gasteiger partial charge in [0.05, 0.1) is 0 Å². The first-order valence-corrected chi connectivity index (χ1v) is 6.19. The van der Waals surface area contributed by atoms with Crippen molar-refractivity contribution in [1.29, 1.82) is 0 Å². The molecule has 0 spiro atoms. The second-order valence-corrected chi connectivity index (χ2v) is 4.23. The van der Waals surface area contributed by atoms with Crippen molar-refractivity contribution in [3.63, 3.8) is 0 Å². The minimum atomic E-state index is -1.96. The molecule has 1 N–H and O–H groups in total. The summed E-state index contributed by atoms with van der Waals surface area (Å²) < 4.78 is 0. The topological polar surface area (TPSA) is 43.3 Å². The Morgan fingerprint density at radius 2 is 1.56 bits per heavy atom. The molecule has 0 aromatic heterocycles. The van der Waals surface area contributed by atoms with E-state index < -0.39 is 8.38 Å². The normalized spacial score (nSPS) is 9.67. The Labute approximate surface area is 165 Å². The predicted octanol–water partition coefficient (Wildman–Crippen LogP) is -3.98. The van der Waals surface area contributed by atoms with E-state index in [9.17, 15) is 4.89 Å². The van der Waals surface area contributed by atoms with E-state index in [-0.39, 0.29) is 76.2 Å². The number of hydrogen-bond donors (Lipinski definition) is 1. The molecule has 0 radical (unpaired) electrons. The molecule has 1 atom stereocenters. The van der Waals surface area contributed by atoms with Crippen molar-refractivity contribution in [1.82, 2.24) is 0 Å². The Bertz CT molecular complexity index is 309. The molecule has 0 saturated carbocycles. The molecule has 0 amide bonds. The smallest absolute Gasteiger partial charge is 0.808 e. The Morgan fingerprint density at radius 3 is 1.89 bits per heavy atom. The summed E-state index contributed by atoms with van der Waals surface area (Å²) in [5.74, 6) is 0. The summed E-state index contributed by atoms with van der Waals surface area (Å²) >= 11 is 0. The van der Waals surface area contributed by atoms with Crippen LogP contribution in [0, 0.1) is 0 Å². The first-order valence-electron chi connectivity index (χ1n) is 4.80. The second-order valence-electron chi connectivity index (χ2n) is 3.08. The quantitative estimate of drug-likeness (QED) is 0.356. The minimum Gasteiger partial charge on any atom is -0.808 e. The van der Waals surface area contributed by atoms with Crippen LogP contribution in [0.2, 0.25) is 0 Å². The first kappa shape index (κ1) is 24.6. The van der Waals surface area contributed by atoms with Gasteiger partial charge in [-0.3, -0.25) is 0 Å². The zero-order valence-electron chi connectivity index (χ0n) is 10.8. The number of hydrogen-bond acceptors (Lipinski definition) is 2. The van der Waals surface area contributed by atoms with E-state index in [1.165, 1.54) is 0 Å². The molecule has 6 heteroatoms. The Kier molecular flexibility index (Phi) is 22.7. The Hall–Kier alpha value is 1.57. The fourth-order valence-corrected chi connectivity index (χ4v) is 1.58. The third kappa shape index (κ3) is 14.0. The standard InChI is InChI=1S/C7H9O2P.C5H5.Fe.2Na/c8-10(9)6-5-7-3-1-2-4-7;1-2-4-5-3-1;;;/h1-4,8H,5-6H2;1-5H;;;/q-2;-1;;2*+1. The molecular formula is C12H14FeNa2O2P-. The SMILES string of the molecule is [Fe].[Na+].[Na+].[O-]P(O)CC[c-]1cccc1.c1cc[cH-]c1. The van der Waals surface area contributed by atoms with Crippen LogP contribution >= 0.6 is 8.38 Å². The van der Waals surface area contributed by atoms with E-state index in [1.54, 1.807) is 0 Å². The molecule has 18 heavy (non-hydrogen) atoms. The molecule has 2 aromatic rings. The van der Waals surface area contributed by atoms with Crippen molar-refractivity contribution in [3.05, 3.63) is 60.2 Å². The monoisotopic (exact) mass is 323 g/mol. The molecule has 2 aromatic carbocycles. The molecule has 0 bridgehead atoms. The van der Waals surface area contributed by atoms with Crippen LogP contribution in [0.15, 0.2) is 54.6 Å². The molecule has 0 saturated heterocycles. The van der Waals surface area contributed by atoms with Crippen molar-refractivity contribution < 1.29 is 86.0 Å². The molecule has 2 nitrogen and oxygen atoms in total. The molecule has 90 valence electrons. The van der Waals surface area contributed by atoms with Crippen LogP contribution in [-0.4, -0.2) is 11.1 Å². The summed E-state index contributed by atoms with van der Waals surface area (Å²) in [4.78, 5) is 18.7. The summed E-state index contributed by atoms with van der Waals surface area (Å²) in [5, 5.41) is 0. The molecule has 2 rings (SSSR count).